The van der Waals surface area contributed by atoms with Crippen LogP contribution in [0.15, 0.2) is 24.4 Å². The van der Waals surface area contributed by atoms with E-state index in [1.54, 1.807) is 7.05 Å². The molecular weight excluding hydrogens is 289 g/mol. The van der Waals surface area contributed by atoms with Crippen molar-refractivity contribution >= 4 is 34.8 Å². The van der Waals surface area contributed by atoms with Gasteiger partial charge in [0.05, 0.1) is 22.7 Å². The first-order valence-corrected chi connectivity index (χ1v) is 6.10. The van der Waals surface area contributed by atoms with Gasteiger partial charge < -0.3 is 0 Å². The van der Waals surface area contributed by atoms with E-state index in [1.165, 1.54) is 29.1 Å². The quantitative estimate of drug-likeness (QED) is 0.643. The monoisotopic (exact) mass is 297 g/mol. The molecule has 1 aromatic carbocycles. The average Bonchev–Trinajstić information content (AvgIpc) is 2.79. The highest BCUT2D eigenvalue weighted by Crippen LogP contribution is 2.23. The van der Waals surface area contributed by atoms with Gasteiger partial charge in [0.15, 0.2) is 11.6 Å². The number of halogens is 2. The molecule has 0 fully saturated rings. The Labute approximate surface area is 119 Å². The third kappa shape index (κ3) is 3.19. The molecule has 0 aliphatic heterocycles. The number of hydrogen-bond donors (Lipinski definition) is 0. The van der Waals surface area contributed by atoms with Crippen molar-refractivity contribution in [2.24, 2.45) is 7.05 Å². The van der Waals surface area contributed by atoms with Gasteiger partial charge >= 0.3 is 0 Å². The van der Waals surface area contributed by atoms with Gasteiger partial charge in [0.25, 0.3) is 0 Å². The molecule has 0 bridgehead atoms. The van der Waals surface area contributed by atoms with Crippen LogP contribution in [0.1, 0.15) is 27.3 Å². The Kier molecular flexibility index (Phi) is 3.97. The third-order valence-corrected chi connectivity index (χ3v) is 3.19. The van der Waals surface area contributed by atoms with Crippen molar-refractivity contribution in [2.75, 3.05) is 0 Å². The standard InChI is InChI=1S/C12H9Cl2N3O2/c1-17-6-10(15-16-17)12(19)5-11(18)7-2-3-8(13)9(14)4-7/h2-4,6H,5H2,1H3. The summed E-state index contributed by atoms with van der Waals surface area (Å²) in [5, 5.41) is 7.93. The van der Waals surface area contributed by atoms with E-state index in [2.05, 4.69) is 10.3 Å². The zero-order valence-electron chi connectivity index (χ0n) is 9.93. The summed E-state index contributed by atoms with van der Waals surface area (Å²) in [5.74, 6) is -0.724. The Balaban J connectivity index is 2.12. The maximum atomic E-state index is 11.9. The minimum atomic E-state index is -0.385. The first kappa shape index (κ1) is 13.7. The Morgan fingerprint density at radius 2 is 1.95 bits per heavy atom. The number of ketones is 2. The van der Waals surface area contributed by atoms with Crippen LogP contribution < -0.4 is 0 Å². The number of aryl methyl sites for hydroxylation is 1. The number of nitrogens with zero attached hydrogens (tertiary/aromatic N) is 3. The Bertz CT molecular complexity index is 652. The largest absolute Gasteiger partial charge is 0.294 e. The van der Waals surface area contributed by atoms with Gasteiger partial charge in [-0.05, 0) is 18.2 Å². The van der Waals surface area contributed by atoms with Crippen molar-refractivity contribution in [1.82, 2.24) is 15.0 Å². The Hall–Kier alpha value is -1.72. The lowest BCUT2D eigenvalue weighted by Gasteiger charge is -2.01. The van der Waals surface area contributed by atoms with E-state index in [9.17, 15) is 9.59 Å². The van der Waals surface area contributed by atoms with Crippen LogP contribution >= 0.6 is 23.2 Å². The summed E-state index contributed by atoms with van der Waals surface area (Å²) >= 11 is 11.6. The number of hydrogen-bond acceptors (Lipinski definition) is 4. The summed E-state index contributed by atoms with van der Waals surface area (Å²) in [4.78, 5) is 23.7. The molecule has 1 aromatic heterocycles. The second-order valence-corrected chi connectivity index (χ2v) is 4.74. The summed E-state index contributed by atoms with van der Waals surface area (Å²) in [5.41, 5.74) is 0.502. The number of carbonyl (C=O) groups excluding carboxylic acids is 2. The SMILES string of the molecule is Cn1cc(C(=O)CC(=O)c2ccc(Cl)c(Cl)c2)nn1. The smallest absolute Gasteiger partial charge is 0.192 e. The van der Waals surface area contributed by atoms with Gasteiger partial charge in [-0.15, -0.1) is 5.10 Å². The van der Waals surface area contributed by atoms with Crippen LogP contribution in [0.5, 0.6) is 0 Å². The van der Waals surface area contributed by atoms with Crippen molar-refractivity contribution in [1.29, 1.82) is 0 Å². The topological polar surface area (TPSA) is 64.8 Å². The van der Waals surface area contributed by atoms with Gasteiger partial charge in [-0.1, -0.05) is 28.4 Å². The van der Waals surface area contributed by atoms with Crippen molar-refractivity contribution in [2.45, 2.75) is 6.42 Å². The molecule has 0 unspecified atom stereocenters. The Morgan fingerprint density at radius 3 is 2.53 bits per heavy atom. The molecule has 0 radical (unpaired) electrons. The number of benzene rings is 1. The molecule has 0 atom stereocenters. The molecule has 1 heterocycles. The first-order chi connectivity index (χ1) is 8.97. The second kappa shape index (κ2) is 5.50. The lowest BCUT2D eigenvalue weighted by atomic mass is 10.1. The van der Waals surface area contributed by atoms with Crippen LogP contribution in [0.3, 0.4) is 0 Å². The van der Waals surface area contributed by atoms with E-state index in [0.29, 0.717) is 10.6 Å². The molecule has 19 heavy (non-hydrogen) atoms. The predicted molar refractivity (Wildman–Crippen MR) is 70.7 cm³/mol. The normalized spacial score (nSPS) is 10.5. The lowest BCUT2D eigenvalue weighted by molar-refractivity contribution is 0.0891. The molecular formula is C12H9Cl2N3O2. The average molecular weight is 298 g/mol. The molecule has 0 N–H and O–H groups in total. The third-order valence-electron chi connectivity index (χ3n) is 2.45. The van der Waals surface area contributed by atoms with Crippen molar-refractivity contribution < 1.29 is 9.59 Å². The van der Waals surface area contributed by atoms with Gasteiger partial charge in [0.2, 0.25) is 0 Å². The van der Waals surface area contributed by atoms with Crippen LogP contribution in [-0.4, -0.2) is 26.6 Å². The van der Waals surface area contributed by atoms with Crippen molar-refractivity contribution in [3.63, 3.8) is 0 Å². The molecule has 2 aromatic rings. The fourth-order valence-electron chi connectivity index (χ4n) is 1.48. The number of aromatic nitrogens is 3. The Morgan fingerprint density at radius 1 is 1.21 bits per heavy atom. The maximum Gasteiger partial charge on any atom is 0.192 e. The van der Waals surface area contributed by atoms with Gasteiger partial charge in [-0.2, -0.15) is 0 Å². The highest BCUT2D eigenvalue weighted by atomic mass is 35.5. The fourth-order valence-corrected chi connectivity index (χ4v) is 1.78. The van der Waals surface area contributed by atoms with Gasteiger partial charge in [-0.25, -0.2) is 0 Å². The molecule has 0 saturated carbocycles. The molecule has 0 aliphatic carbocycles. The van der Waals surface area contributed by atoms with Crippen LogP contribution in [0.2, 0.25) is 10.0 Å². The van der Waals surface area contributed by atoms with Crippen LogP contribution in [0.4, 0.5) is 0 Å². The van der Waals surface area contributed by atoms with E-state index in [4.69, 9.17) is 23.2 Å². The fraction of sp³-hybridized carbons (Fsp3) is 0.167. The second-order valence-electron chi connectivity index (χ2n) is 3.93. The van der Waals surface area contributed by atoms with E-state index in [1.807, 2.05) is 0 Å². The summed E-state index contributed by atoms with van der Waals surface area (Å²) in [7, 11) is 1.64. The number of carbonyl (C=O) groups is 2. The minimum absolute atomic E-state index is 0.163. The first-order valence-electron chi connectivity index (χ1n) is 5.35. The lowest BCUT2D eigenvalue weighted by Crippen LogP contribution is -2.09. The van der Waals surface area contributed by atoms with Crippen LogP contribution in [-0.2, 0) is 7.05 Å². The summed E-state index contributed by atoms with van der Waals surface area (Å²) in [6, 6.07) is 4.49. The molecule has 0 spiro atoms. The molecule has 0 aliphatic rings. The van der Waals surface area contributed by atoms with E-state index in [-0.39, 0.29) is 28.7 Å². The minimum Gasteiger partial charge on any atom is -0.294 e. The van der Waals surface area contributed by atoms with Gasteiger partial charge in [-0.3, -0.25) is 14.3 Å². The molecule has 7 heteroatoms. The van der Waals surface area contributed by atoms with E-state index >= 15 is 0 Å². The molecule has 2 rings (SSSR count). The maximum absolute atomic E-state index is 11.9. The van der Waals surface area contributed by atoms with Gasteiger partial charge in [0.1, 0.15) is 5.69 Å². The van der Waals surface area contributed by atoms with E-state index in [0.717, 1.165) is 0 Å². The number of rotatable bonds is 4. The molecule has 5 nitrogen and oxygen atoms in total. The zero-order chi connectivity index (χ0) is 14.0. The predicted octanol–water partition coefficient (Wildman–Crippen LogP) is 2.58. The highest BCUT2D eigenvalue weighted by molar-refractivity contribution is 6.42. The summed E-state index contributed by atoms with van der Waals surface area (Å²) in [6.45, 7) is 0. The van der Waals surface area contributed by atoms with Crippen LogP contribution in [0.25, 0.3) is 0 Å². The molecule has 0 saturated heterocycles. The zero-order valence-corrected chi connectivity index (χ0v) is 11.4. The summed E-state index contributed by atoms with van der Waals surface area (Å²) in [6.07, 6.45) is 1.18. The molecule has 98 valence electrons. The number of Topliss-reactive ketones (excluding diaryl/α,β-unsaturated/α-hetero) is 2. The van der Waals surface area contributed by atoms with Crippen molar-refractivity contribution in [3.05, 3.63) is 45.7 Å². The molecule has 0 amide bonds. The van der Waals surface area contributed by atoms with E-state index < -0.39 is 0 Å². The van der Waals surface area contributed by atoms with Gasteiger partial charge in [0, 0.05) is 12.6 Å². The van der Waals surface area contributed by atoms with Crippen molar-refractivity contribution in [3.8, 4) is 0 Å². The summed E-state index contributed by atoms with van der Waals surface area (Å²) < 4.78 is 1.40. The highest BCUT2D eigenvalue weighted by Gasteiger charge is 2.17. The van der Waals surface area contributed by atoms with Crippen LogP contribution in [0, 0.1) is 0 Å².